The largest absolute Gasteiger partial charge is 0.465 e. The summed E-state index contributed by atoms with van der Waals surface area (Å²) in [5.74, 6) is 3.38. The fourth-order valence-electron chi connectivity index (χ4n) is 1.71. The van der Waals surface area contributed by atoms with Crippen molar-refractivity contribution < 1.29 is 9.52 Å². The van der Waals surface area contributed by atoms with Gasteiger partial charge in [-0.05, 0) is 24.5 Å². The van der Waals surface area contributed by atoms with Crippen LogP contribution in [0.1, 0.15) is 44.6 Å². The van der Waals surface area contributed by atoms with Gasteiger partial charge in [0, 0.05) is 11.3 Å². The molecule has 1 N–H and O–H groups in total. The van der Waals surface area contributed by atoms with Crippen LogP contribution >= 0.6 is 0 Å². The van der Waals surface area contributed by atoms with Crippen LogP contribution in [-0.2, 0) is 5.41 Å². The number of rotatable bonds is 3. The van der Waals surface area contributed by atoms with Crippen LogP contribution in [0.4, 0.5) is 0 Å². The summed E-state index contributed by atoms with van der Waals surface area (Å²) >= 11 is 0. The topological polar surface area (TPSA) is 33.4 Å². The number of aliphatic hydroxyl groups excluding tert-OH is 1. The van der Waals surface area contributed by atoms with Crippen LogP contribution in [0.2, 0.25) is 0 Å². The Morgan fingerprint density at radius 3 is 2.64 bits per heavy atom. The van der Waals surface area contributed by atoms with E-state index in [1.807, 2.05) is 19.9 Å². The third-order valence-corrected chi connectivity index (χ3v) is 3.16. The zero-order valence-corrected chi connectivity index (χ0v) is 9.08. The van der Waals surface area contributed by atoms with Crippen LogP contribution in [0.15, 0.2) is 16.5 Å². The molecule has 14 heavy (non-hydrogen) atoms. The molecule has 1 aliphatic rings. The predicted octanol–water partition coefficient (Wildman–Crippen LogP) is 2.67. The molecule has 2 atom stereocenters. The van der Waals surface area contributed by atoms with Gasteiger partial charge in [-0.2, -0.15) is 0 Å². The molecule has 2 nitrogen and oxygen atoms in total. The molecular weight excluding hydrogens is 176 g/mol. The monoisotopic (exact) mass is 194 g/mol. The first kappa shape index (κ1) is 9.78. The van der Waals surface area contributed by atoms with Gasteiger partial charge in [-0.1, -0.05) is 20.8 Å². The summed E-state index contributed by atoms with van der Waals surface area (Å²) in [6.45, 7) is 6.35. The summed E-state index contributed by atoms with van der Waals surface area (Å²) in [4.78, 5) is 0. The Morgan fingerprint density at radius 2 is 2.14 bits per heavy atom. The van der Waals surface area contributed by atoms with E-state index < -0.39 is 0 Å². The van der Waals surface area contributed by atoms with E-state index in [1.54, 1.807) is 0 Å². The van der Waals surface area contributed by atoms with Crippen molar-refractivity contribution in [2.24, 2.45) is 5.92 Å². The van der Waals surface area contributed by atoms with Gasteiger partial charge in [0.25, 0.3) is 0 Å². The highest BCUT2D eigenvalue weighted by molar-refractivity contribution is 5.21. The summed E-state index contributed by atoms with van der Waals surface area (Å²) in [5.41, 5.74) is -0.254. The molecular formula is C12H18O2. The second-order valence-electron chi connectivity index (χ2n) is 5.06. The lowest BCUT2D eigenvalue weighted by Gasteiger charge is -2.18. The van der Waals surface area contributed by atoms with Gasteiger partial charge in [0.1, 0.15) is 11.5 Å². The van der Waals surface area contributed by atoms with Gasteiger partial charge in [0.05, 0.1) is 6.61 Å². The summed E-state index contributed by atoms with van der Waals surface area (Å²) in [7, 11) is 0. The third-order valence-electron chi connectivity index (χ3n) is 3.16. The van der Waals surface area contributed by atoms with Crippen molar-refractivity contribution >= 4 is 0 Å². The van der Waals surface area contributed by atoms with Crippen molar-refractivity contribution in [3.63, 3.8) is 0 Å². The zero-order valence-electron chi connectivity index (χ0n) is 9.08. The Bertz CT molecular complexity index is 325. The zero-order chi connectivity index (χ0) is 10.3. The van der Waals surface area contributed by atoms with E-state index in [-0.39, 0.29) is 12.0 Å². The number of aliphatic hydroxyl groups is 1. The summed E-state index contributed by atoms with van der Waals surface area (Å²) < 4.78 is 5.77. The molecule has 2 rings (SSSR count). The molecule has 2 unspecified atom stereocenters. The normalized spacial score (nSPS) is 26.6. The van der Waals surface area contributed by atoms with Gasteiger partial charge in [0.2, 0.25) is 0 Å². The molecule has 1 aromatic rings. The fourth-order valence-corrected chi connectivity index (χ4v) is 1.71. The molecule has 0 amide bonds. The summed E-state index contributed by atoms with van der Waals surface area (Å²) in [6.07, 6.45) is 1.24. The molecule has 0 radical (unpaired) electrons. The first-order chi connectivity index (χ1) is 6.54. The molecule has 1 aromatic heterocycles. The minimum Gasteiger partial charge on any atom is -0.465 e. The maximum atomic E-state index is 9.20. The summed E-state index contributed by atoms with van der Waals surface area (Å²) in [5, 5.41) is 9.20. The Hall–Kier alpha value is -0.760. The molecule has 1 saturated carbocycles. The highest BCUT2D eigenvalue weighted by atomic mass is 16.3. The molecule has 1 fully saturated rings. The highest BCUT2D eigenvalue weighted by Crippen LogP contribution is 2.47. The number of hydrogen-bond acceptors (Lipinski definition) is 2. The average Bonchev–Trinajstić information content (AvgIpc) is 2.70. The minimum absolute atomic E-state index is 0.125. The smallest absolute Gasteiger partial charge is 0.112 e. The lowest BCUT2D eigenvalue weighted by molar-refractivity contribution is 0.195. The molecule has 78 valence electrons. The molecule has 0 saturated heterocycles. The van der Waals surface area contributed by atoms with E-state index in [4.69, 9.17) is 4.42 Å². The minimum atomic E-state index is -0.254. The highest BCUT2D eigenvalue weighted by Gasteiger charge is 2.37. The van der Waals surface area contributed by atoms with Gasteiger partial charge in [-0.25, -0.2) is 0 Å². The first-order valence-corrected chi connectivity index (χ1v) is 5.25. The van der Waals surface area contributed by atoms with Crippen LogP contribution in [0.5, 0.6) is 0 Å². The van der Waals surface area contributed by atoms with E-state index >= 15 is 0 Å². The van der Waals surface area contributed by atoms with Gasteiger partial charge in [-0.3, -0.25) is 0 Å². The second-order valence-corrected chi connectivity index (χ2v) is 5.06. The van der Waals surface area contributed by atoms with Crippen LogP contribution in [0, 0.1) is 5.92 Å². The van der Waals surface area contributed by atoms with Gasteiger partial charge < -0.3 is 9.52 Å². The molecule has 0 aliphatic heterocycles. The van der Waals surface area contributed by atoms with Crippen LogP contribution in [0.3, 0.4) is 0 Å². The van der Waals surface area contributed by atoms with E-state index in [2.05, 4.69) is 13.0 Å². The van der Waals surface area contributed by atoms with Crippen molar-refractivity contribution in [2.75, 3.05) is 6.61 Å². The molecule has 2 heteroatoms. The maximum Gasteiger partial charge on any atom is 0.112 e. The summed E-state index contributed by atoms with van der Waals surface area (Å²) in [6, 6.07) is 4.05. The quantitative estimate of drug-likeness (QED) is 0.802. The molecule has 0 spiro atoms. The average molecular weight is 194 g/mol. The third kappa shape index (κ3) is 1.59. The Labute approximate surface area is 84.9 Å². The Kier molecular flexibility index (Phi) is 2.18. The van der Waals surface area contributed by atoms with Crippen molar-refractivity contribution in [1.29, 1.82) is 0 Å². The second kappa shape index (κ2) is 3.13. The lowest BCUT2D eigenvalue weighted by Crippen LogP contribution is -2.20. The molecule has 1 heterocycles. The predicted molar refractivity (Wildman–Crippen MR) is 55.3 cm³/mol. The Morgan fingerprint density at radius 1 is 1.50 bits per heavy atom. The fraction of sp³-hybridized carbons (Fsp3) is 0.667. The van der Waals surface area contributed by atoms with Crippen LogP contribution in [-0.4, -0.2) is 11.7 Å². The molecule has 1 aliphatic carbocycles. The van der Waals surface area contributed by atoms with Gasteiger partial charge in [-0.15, -0.1) is 0 Å². The lowest BCUT2D eigenvalue weighted by atomic mass is 9.92. The van der Waals surface area contributed by atoms with Crippen LogP contribution in [0.25, 0.3) is 0 Å². The number of furan rings is 1. The first-order valence-electron chi connectivity index (χ1n) is 5.25. The SMILES string of the molecule is CC1CC1c1ccc(C(C)(C)CO)o1. The van der Waals surface area contributed by atoms with Crippen molar-refractivity contribution in [2.45, 2.75) is 38.5 Å². The van der Waals surface area contributed by atoms with E-state index in [0.29, 0.717) is 5.92 Å². The maximum absolute atomic E-state index is 9.20. The van der Waals surface area contributed by atoms with Crippen molar-refractivity contribution in [3.8, 4) is 0 Å². The van der Waals surface area contributed by atoms with Crippen molar-refractivity contribution in [3.05, 3.63) is 23.7 Å². The van der Waals surface area contributed by atoms with E-state index in [0.717, 1.165) is 17.4 Å². The Balaban J connectivity index is 2.17. The molecule has 0 bridgehead atoms. The van der Waals surface area contributed by atoms with Crippen LogP contribution < -0.4 is 0 Å². The van der Waals surface area contributed by atoms with Gasteiger partial charge in [0.15, 0.2) is 0 Å². The molecule has 0 aromatic carbocycles. The van der Waals surface area contributed by atoms with E-state index in [1.165, 1.54) is 6.42 Å². The van der Waals surface area contributed by atoms with Crippen molar-refractivity contribution in [1.82, 2.24) is 0 Å². The number of hydrogen-bond donors (Lipinski definition) is 1. The van der Waals surface area contributed by atoms with E-state index in [9.17, 15) is 5.11 Å². The standard InChI is InChI=1S/C12H18O2/c1-8-6-9(8)10-4-5-11(14-10)12(2,3)7-13/h4-5,8-9,13H,6-7H2,1-3H3. The van der Waals surface area contributed by atoms with Gasteiger partial charge >= 0.3 is 0 Å².